The highest BCUT2D eigenvalue weighted by Gasteiger charge is 2.56. The number of carbonyl (C=O) groups is 1. The largest absolute Gasteiger partial charge is 0.387 e. The van der Waals surface area contributed by atoms with E-state index in [9.17, 15) is 9.90 Å². The van der Waals surface area contributed by atoms with E-state index in [-0.39, 0.29) is 17.4 Å². The second-order valence-corrected chi connectivity index (χ2v) is 11.1. The van der Waals surface area contributed by atoms with Crippen molar-refractivity contribution >= 4 is 5.78 Å². The molecular weight excluding hydrogens is 390 g/mol. The van der Waals surface area contributed by atoms with Gasteiger partial charge < -0.3 is 9.84 Å². The van der Waals surface area contributed by atoms with Crippen LogP contribution in [0.2, 0.25) is 0 Å². The van der Waals surface area contributed by atoms with Gasteiger partial charge in [-0.3, -0.25) is 4.79 Å². The summed E-state index contributed by atoms with van der Waals surface area (Å²) >= 11 is 0. The van der Waals surface area contributed by atoms with E-state index in [1.807, 2.05) is 6.92 Å². The maximum Gasteiger partial charge on any atom is 0.157 e. The van der Waals surface area contributed by atoms with Gasteiger partial charge in [-0.1, -0.05) is 25.5 Å². The number of aromatic nitrogens is 3. The van der Waals surface area contributed by atoms with Crippen molar-refractivity contribution in [1.82, 2.24) is 15.0 Å². The van der Waals surface area contributed by atoms with Crippen molar-refractivity contribution < 1.29 is 14.6 Å². The average Bonchev–Trinajstić information content (AvgIpc) is 3.35. The summed E-state index contributed by atoms with van der Waals surface area (Å²) in [7, 11) is 1.71. The maximum absolute atomic E-state index is 13.1. The Bertz CT molecular complexity index is 745. The highest BCUT2D eigenvalue weighted by atomic mass is 16.5. The molecular formula is C25H41N3O3. The molecule has 6 heteroatoms. The number of nitrogens with zero attached hydrogens (tertiary/aromatic N) is 3. The summed E-state index contributed by atoms with van der Waals surface area (Å²) in [5.41, 5.74) is -0.614. The monoisotopic (exact) mass is 431 g/mol. The molecule has 0 aromatic carbocycles. The van der Waals surface area contributed by atoms with Crippen molar-refractivity contribution in [2.24, 2.45) is 35.0 Å². The van der Waals surface area contributed by atoms with Gasteiger partial charge in [-0.2, -0.15) is 0 Å². The fourth-order valence-electron chi connectivity index (χ4n) is 7.95. The van der Waals surface area contributed by atoms with Gasteiger partial charge in [0.15, 0.2) is 5.78 Å². The summed E-state index contributed by atoms with van der Waals surface area (Å²) in [6.07, 6.45) is 13.3. The SMILES string of the molecule is CC[C@H](OC)[C@@](C)(O)C[C@@H]1CC[C@@H]2[C@H](CC[C@]3(C)[C@@H](C(=O)Cn4ccnn4)CC[C@@H]23)C1. The minimum atomic E-state index is -0.754. The summed E-state index contributed by atoms with van der Waals surface area (Å²) in [6.45, 7) is 6.79. The van der Waals surface area contributed by atoms with Crippen LogP contribution in [0.1, 0.15) is 78.6 Å². The first-order valence-corrected chi connectivity index (χ1v) is 12.4. The summed E-state index contributed by atoms with van der Waals surface area (Å²) < 4.78 is 7.23. The number of carbonyl (C=O) groups excluding carboxylic acids is 1. The molecule has 0 unspecified atom stereocenters. The van der Waals surface area contributed by atoms with E-state index in [2.05, 4.69) is 24.2 Å². The summed E-state index contributed by atoms with van der Waals surface area (Å²) in [5.74, 6) is 3.24. The molecule has 0 radical (unpaired) electrons. The first kappa shape index (κ1) is 22.9. The third-order valence-electron chi connectivity index (χ3n) is 9.36. The molecule has 8 atom stereocenters. The van der Waals surface area contributed by atoms with Gasteiger partial charge >= 0.3 is 0 Å². The van der Waals surface area contributed by atoms with Gasteiger partial charge in [0, 0.05) is 19.2 Å². The second-order valence-electron chi connectivity index (χ2n) is 11.1. The quantitative estimate of drug-likeness (QED) is 0.665. The molecule has 1 aromatic rings. The van der Waals surface area contributed by atoms with E-state index in [0.717, 1.165) is 37.5 Å². The Morgan fingerprint density at radius 3 is 2.81 bits per heavy atom. The van der Waals surface area contributed by atoms with Crippen molar-refractivity contribution in [2.75, 3.05) is 7.11 Å². The minimum Gasteiger partial charge on any atom is -0.387 e. The van der Waals surface area contributed by atoms with Gasteiger partial charge in [-0.25, -0.2) is 4.68 Å². The predicted molar refractivity (Wildman–Crippen MR) is 119 cm³/mol. The Kier molecular flexibility index (Phi) is 6.60. The molecule has 3 aliphatic carbocycles. The molecule has 0 saturated heterocycles. The number of hydrogen-bond acceptors (Lipinski definition) is 5. The molecule has 1 heterocycles. The summed E-state index contributed by atoms with van der Waals surface area (Å²) in [5, 5.41) is 18.9. The normalized spacial score (nSPS) is 38.2. The zero-order chi connectivity index (χ0) is 22.2. The molecule has 0 bridgehead atoms. The molecule has 0 spiro atoms. The molecule has 1 N–H and O–H groups in total. The molecule has 4 rings (SSSR count). The molecule has 3 aliphatic rings. The maximum atomic E-state index is 13.1. The van der Waals surface area contributed by atoms with E-state index < -0.39 is 5.60 Å². The van der Waals surface area contributed by atoms with Crippen LogP contribution in [0, 0.1) is 35.0 Å². The highest BCUT2D eigenvalue weighted by molar-refractivity contribution is 5.82. The lowest BCUT2D eigenvalue weighted by atomic mass is 9.53. The number of methoxy groups -OCH3 is 1. The van der Waals surface area contributed by atoms with E-state index >= 15 is 0 Å². The molecule has 0 aliphatic heterocycles. The van der Waals surface area contributed by atoms with Crippen LogP contribution in [0.25, 0.3) is 0 Å². The number of Topliss-reactive ketones (excluding diaryl/α,β-unsaturated/α-hetero) is 1. The minimum absolute atomic E-state index is 0.0912. The second kappa shape index (κ2) is 8.93. The van der Waals surface area contributed by atoms with E-state index in [1.165, 1.54) is 32.1 Å². The van der Waals surface area contributed by atoms with Crippen molar-refractivity contribution in [3.63, 3.8) is 0 Å². The van der Waals surface area contributed by atoms with Crippen LogP contribution >= 0.6 is 0 Å². The van der Waals surface area contributed by atoms with Crippen LogP contribution in [0.4, 0.5) is 0 Å². The lowest BCUT2D eigenvalue weighted by molar-refractivity contribution is -0.130. The molecule has 3 fully saturated rings. The van der Waals surface area contributed by atoms with E-state index in [0.29, 0.717) is 24.2 Å². The molecule has 3 saturated carbocycles. The average molecular weight is 432 g/mol. The Labute approximate surface area is 187 Å². The lowest BCUT2D eigenvalue weighted by Gasteiger charge is -2.52. The Hall–Kier alpha value is -1.27. The molecule has 174 valence electrons. The topological polar surface area (TPSA) is 77.2 Å². The number of hydrogen-bond donors (Lipinski definition) is 1. The van der Waals surface area contributed by atoms with E-state index in [4.69, 9.17) is 4.74 Å². The Morgan fingerprint density at radius 1 is 1.32 bits per heavy atom. The van der Waals surface area contributed by atoms with Gasteiger partial charge in [0.25, 0.3) is 0 Å². The van der Waals surface area contributed by atoms with Crippen LogP contribution < -0.4 is 0 Å². The van der Waals surface area contributed by atoms with Gasteiger partial charge in [0.05, 0.1) is 17.9 Å². The number of aliphatic hydroxyl groups is 1. The van der Waals surface area contributed by atoms with Crippen LogP contribution in [0.5, 0.6) is 0 Å². The van der Waals surface area contributed by atoms with Crippen LogP contribution in [0.3, 0.4) is 0 Å². The van der Waals surface area contributed by atoms with Crippen molar-refractivity contribution in [3.05, 3.63) is 12.4 Å². The third kappa shape index (κ3) is 4.35. The van der Waals surface area contributed by atoms with Crippen molar-refractivity contribution in [2.45, 2.75) is 96.8 Å². The van der Waals surface area contributed by atoms with Gasteiger partial charge in [-0.15, -0.1) is 5.10 Å². The molecule has 1 aromatic heterocycles. The smallest absolute Gasteiger partial charge is 0.157 e. The zero-order valence-electron chi connectivity index (χ0n) is 19.8. The lowest BCUT2D eigenvalue weighted by Crippen LogP contribution is -2.47. The van der Waals surface area contributed by atoms with Crippen LogP contribution in [-0.2, 0) is 16.1 Å². The molecule has 31 heavy (non-hydrogen) atoms. The molecule has 6 nitrogen and oxygen atoms in total. The van der Waals surface area contributed by atoms with Crippen molar-refractivity contribution in [3.8, 4) is 0 Å². The predicted octanol–water partition coefficient (Wildman–Crippen LogP) is 4.27. The fraction of sp³-hybridized carbons (Fsp3) is 0.880. The highest BCUT2D eigenvalue weighted by Crippen LogP contribution is 2.62. The molecule has 0 amide bonds. The fourth-order valence-corrected chi connectivity index (χ4v) is 7.95. The summed E-state index contributed by atoms with van der Waals surface area (Å²) in [4.78, 5) is 13.1. The standard InChI is InChI=1S/C25H41N3O3/c1-5-23(31-4)25(3,30)15-17-6-7-19-18(14-17)10-11-24(2)20(19)8-9-21(24)22(29)16-28-13-12-26-27-28/h12-13,17-21,23,30H,5-11,14-16H2,1-4H3/t17-,18-,19-,20+,21-,23+,24+,25+/m1/s1. The number of ether oxygens (including phenoxy) is 1. The first-order chi connectivity index (χ1) is 14.8. The zero-order valence-corrected chi connectivity index (χ0v) is 19.8. The van der Waals surface area contributed by atoms with Gasteiger partial charge in [0.1, 0.15) is 6.54 Å². The Morgan fingerprint density at radius 2 is 2.13 bits per heavy atom. The number of fused-ring (bicyclic) bond motifs is 3. The Balaban J connectivity index is 1.39. The van der Waals surface area contributed by atoms with Gasteiger partial charge in [0.2, 0.25) is 0 Å². The third-order valence-corrected chi connectivity index (χ3v) is 9.36. The van der Waals surface area contributed by atoms with Crippen LogP contribution in [0.15, 0.2) is 12.4 Å². The number of rotatable bonds is 8. The van der Waals surface area contributed by atoms with E-state index in [1.54, 1.807) is 24.2 Å². The summed E-state index contributed by atoms with van der Waals surface area (Å²) in [6, 6.07) is 0. The first-order valence-electron chi connectivity index (χ1n) is 12.4. The van der Waals surface area contributed by atoms with Gasteiger partial charge in [-0.05, 0) is 87.4 Å². The van der Waals surface area contributed by atoms with Crippen LogP contribution in [-0.4, -0.2) is 44.7 Å². The van der Waals surface area contributed by atoms with Crippen molar-refractivity contribution in [1.29, 1.82) is 0 Å². The number of ketones is 1.